The molecule has 10 nitrogen and oxygen atoms in total. The molecule has 1 rings (SSSR count). The third-order valence-corrected chi connectivity index (χ3v) is 5.86. The Morgan fingerprint density at radius 1 is 1.07 bits per heavy atom. The molecule has 0 aliphatic carbocycles. The molecule has 0 saturated heterocycles. The molecule has 1 aromatic rings. The molecular weight excluding hydrogens is 514 g/mol. The van der Waals surface area contributed by atoms with Gasteiger partial charge in [0.15, 0.2) is 0 Å². The molecule has 3 amide bonds. The van der Waals surface area contributed by atoms with Gasteiger partial charge in [-0.05, 0) is 45.7 Å². The molecule has 0 radical (unpaired) electrons. The van der Waals surface area contributed by atoms with E-state index in [1.807, 2.05) is 0 Å². The van der Waals surface area contributed by atoms with Crippen LogP contribution in [0.5, 0.6) is 0 Å². The predicted octanol–water partition coefficient (Wildman–Crippen LogP) is 3.46. The maximum Gasteiger partial charge on any atom is 0.408 e. The average molecular weight is 560 g/mol. The normalized spacial score (nSPS) is 12.4. The van der Waals surface area contributed by atoms with E-state index in [0.29, 0.717) is 17.5 Å². The minimum Gasteiger partial charge on any atom is -0.466 e. The van der Waals surface area contributed by atoms with Crippen molar-refractivity contribution in [2.24, 2.45) is 0 Å². The van der Waals surface area contributed by atoms with Crippen LogP contribution in [-0.2, 0) is 23.9 Å². The largest absolute Gasteiger partial charge is 0.466 e. The summed E-state index contributed by atoms with van der Waals surface area (Å²) in [4.78, 5) is 53.1. The molecule has 0 fully saturated rings. The van der Waals surface area contributed by atoms with Crippen LogP contribution in [0, 0.1) is 12.3 Å². The lowest BCUT2D eigenvalue weighted by Crippen LogP contribution is -2.54. The van der Waals surface area contributed by atoms with Crippen LogP contribution in [0.15, 0.2) is 24.3 Å². The van der Waals surface area contributed by atoms with Crippen LogP contribution in [0.1, 0.15) is 90.3 Å². The summed E-state index contributed by atoms with van der Waals surface area (Å²) in [6, 6.07) is 4.23. The summed E-state index contributed by atoms with van der Waals surface area (Å²) in [5.74, 6) is 0.888. The molecule has 0 aliphatic heterocycles. The highest BCUT2D eigenvalue weighted by Gasteiger charge is 2.36. The molecule has 1 aromatic carbocycles. The summed E-state index contributed by atoms with van der Waals surface area (Å²) >= 11 is 0. The smallest absolute Gasteiger partial charge is 0.408 e. The second-order valence-electron chi connectivity index (χ2n) is 10.3. The van der Waals surface area contributed by atoms with E-state index in [2.05, 4.69) is 23.5 Å². The Labute approximate surface area is 238 Å². The molecule has 222 valence electrons. The zero-order valence-corrected chi connectivity index (χ0v) is 24.5. The Kier molecular flexibility index (Phi) is 15.4. The SMILES string of the molecule is C#Cc1ccccc1C(C(=O)NCCC(=O)OCC)N(CCCCCCC)C(=O)C(CO)NC(=O)OC(C)(C)C. The van der Waals surface area contributed by atoms with Crippen molar-refractivity contribution in [3.8, 4) is 12.3 Å². The number of aliphatic hydroxyl groups is 1. The number of rotatable bonds is 16. The number of terminal acetylenes is 1. The molecule has 0 aliphatic rings. The lowest BCUT2D eigenvalue weighted by atomic mass is 9.97. The van der Waals surface area contributed by atoms with E-state index in [-0.39, 0.29) is 26.1 Å². The Bertz CT molecular complexity index is 1010. The van der Waals surface area contributed by atoms with Gasteiger partial charge in [-0.25, -0.2) is 4.79 Å². The van der Waals surface area contributed by atoms with Gasteiger partial charge in [-0.1, -0.05) is 56.7 Å². The number of ether oxygens (including phenoxy) is 2. The molecule has 40 heavy (non-hydrogen) atoms. The Hall–Kier alpha value is -3.58. The van der Waals surface area contributed by atoms with Crippen LogP contribution in [-0.4, -0.2) is 71.8 Å². The van der Waals surface area contributed by atoms with Crippen molar-refractivity contribution < 1.29 is 33.8 Å². The molecule has 2 atom stereocenters. The van der Waals surface area contributed by atoms with Gasteiger partial charge in [0.25, 0.3) is 0 Å². The van der Waals surface area contributed by atoms with Gasteiger partial charge < -0.3 is 30.1 Å². The zero-order chi connectivity index (χ0) is 30.1. The predicted molar refractivity (Wildman–Crippen MR) is 152 cm³/mol. The Morgan fingerprint density at radius 2 is 1.75 bits per heavy atom. The van der Waals surface area contributed by atoms with E-state index < -0.39 is 48.2 Å². The zero-order valence-electron chi connectivity index (χ0n) is 24.5. The van der Waals surface area contributed by atoms with Crippen LogP contribution in [0.25, 0.3) is 0 Å². The summed E-state index contributed by atoms with van der Waals surface area (Å²) in [6.45, 7) is 8.49. The molecule has 0 spiro atoms. The maximum absolute atomic E-state index is 13.9. The van der Waals surface area contributed by atoms with Gasteiger partial charge in [-0.3, -0.25) is 14.4 Å². The first kappa shape index (κ1) is 34.4. The summed E-state index contributed by atoms with van der Waals surface area (Å²) < 4.78 is 10.2. The monoisotopic (exact) mass is 559 g/mol. The molecule has 0 heterocycles. The Morgan fingerprint density at radius 3 is 2.35 bits per heavy atom. The number of benzene rings is 1. The van der Waals surface area contributed by atoms with Gasteiger partial charge in [-0.2, -0.15) is 0 Å². The number of carbonyl (C=O) groups is 4. The van der Waals surface area contributed by atoms with Crippen molar-refractivity contribution in [3.63, 3.8) is 0 Å². The average Bonchev–Trinajstić information content (AvgIpc) is 2.89. The van der Waals surface area contributed by atoms with Gasteiger partial charge >= 0.3 is 12.1 Å². The quantitative estimate of drug-likeness (QED) is 0.160. The van der Waals surface area contributed by atoms with Gasteiger partial charge in [0.1, 0.15) is 17.7 Å². The number of alkyl carbamates (subject to hydrolysis) is 1. The molecule has 0 aromatic heterocycles. The van der Waals surface area contributed by atoms with E-state index in [4.69, 9.17) is 15.9 Å². The minimum absolute atomic E-state index is 0.00942. The van der Waals surface area contributed by atoms with Gasteiger partial charge in [-0.15, -0.1) is 6.42 Å². The van der Waals surface area contributed by atoms with Crippen molar-refractivity contribution in [3.05, 3.63) is 35.4 Å². The fraction of sp³-hybridized carbons (Fsp3) is 0.600. The summed E-state index contributed by atoms with van der Waals surface area (Å²) in [6.07, 6.45) is 9.25. The van der Waals surface area contributed by atoms with Crippen LogP contribution in [0.3, 0.4) is 0 Å². The highest BCUT2D eigenvalue weighted by Crippen LogP contribution is 2.26. The topological polar surface area (TPSA) is 134 Å². The molecule has 0 saturated carbocycles. The van der Waals surface area contributed by atoms with E-state index in [1.54, 1.807) is 52.0 Å². The van der Waals surface area contributed by atoms with Crippen LogP contribution in [0.4, 0.5) is 4.79 Å². The number of unbranched alkanes of at least 4 members (excludes halogenated alkanes) is 4. The number of esters is 1. The number of aliphatic hydroxyl groups excluding tert-OH is 1. The van der Waals surface area contributed by atoms with Gasteiger partial charge in [0.05, 0.1) is 19.6 Å². The van der Waals surface area contributed by atoms with Gasteiger partial charge in [0.2, 0.25) is 11.8 Å². The lowest BCUT2D eigenvalue weighted by Gasteiger charge is -2.34. The van der Waals surface area contributed by atoms with Crippen LogP contribution < -0.4 is 10.6 Å². The van der Waals surface area contributed by atoms with Crippen molar-refractivity contribution >= 4 is 23.9 Å². The fourth-order valence-electron chi connectivity index (χ4n) is 4.02. The van der Waals surface area contributed by atoms with Crippen molar-refractivity contribution in [1.29, 1.82) is 0 Å². The van der Waals surface area contributed by atoms with E-state index >= 15 is 0 Å². The third kappa shape index (κ3) is 12.1. The molecule has 10 heteroatoms. The summed E-state index contributed by atoms with van der Waals surface area (Å²) in [5, 5.41) is 15.2. The molecule has 0 bridgehead atoms. The summed E-state index contributed by atoms with van der Waals surface area (Å²) in [7, 11) is 0. The van der Waals surface area contributed by atoms with Crippen LogP contribution >= 0.6 is 0 Å². The van der Waals surface area contributed by atoms with Crippen molar-refractivity contribution in [2.75, 3.05) is 26.3 Å². The minimum atomic E-state index is -1.36. The highest BCUT2D eigenvalue weighted by atomic mass is 16.6. The first-order valence-corrected chi connectivity index (χ1v) is 13.9. The number of hydrogen-bond acceptors (Lipinski definition) is 7. The van der Waals surface area contributed by atoms with Crippen molar-refractivity contribution in [2.45, 2.75) is 90.8 Å². The summed E-state index contributed by atoms with van der Waals surface area (Å²) in [5.41, 5.74) is 0.00565. The molecule has 3 N–H and O–H groups in total. The number of nitrogens with one attached hydrogen (secondary N) is 2. The lowest BCUT2D eigenvalue weighted by molar-refractivity contribution is -0.144. The number of nitrogens with zero attached hydrogens (tertiary/aromatic N) is 1. The number of amides is 3. The highest BCUT2D eigenvalue weighted by molar-refractivity contribution is 5.92. The second-order valence-corrected chi connectivity index (χ2v) is 10.3. The van der Waals surface area contributed by atoms with Crippen LogP contribution in [0.2, 0.25) is 0 Å². The first-order valence-electron chi connectivity index (χ1n) is 13.9. The van der Waals surface area contributed by atoms with E-state index in [0.717, 1.165) is 25.7 Å². The molecular formula is C30H45N3O7. The first-order chi connectivity index (χ1) is 19.0. The standard InChI is InChI=1S/C30H45N3O7/c1-7-10-11-12-15-20-33(28(37)24(21-34)32-29(38)40-30(4,5)6)26(23-17-14-13-16-22(23)8-2)27(36)31-19-18-25(35)39-9-3/h2,13-14,16-17,24,26,34H,7,9-12,15,18-21H2,1,3-6H3,(H,31,36)(H,32,38). The molecule has 2 unspecified atom stereocenters. The van der Waals surface area contributed by atoms with E-state index in [9.17, 15) is 24.3 Å². The van der Waals surface area contributed by atoms with Crippen molar-refractivity contribution in [1.82, 2.24) is 15.5 Å². The second kappa shape index (κ2) is 17.9. The fourth-order valence-corrected chi connectivity index (χ4v) is 4.02. The number of hydrogen-bond donors (Lipinski definition) is 3. The Balaban J connectivity index is 3.41. The maximum atomic E-state index is 13.9. The van der Waals surface area contributed by atoms with E-state index in [1.165, 1.54) is 4.90 Å². The number of carbonyl (C=O) groups excluding carboxylic acids is 4. The van der Waals surface area contributed by atoms with Gasteiger partial charge in [0, 0.05) is 18.7 Å². The third-order valence-electron chi connectivity index (χ3n) is 5.86.